The summed E-state index contributed by atoms with van der Waals surface area (Å²) >= 11 is 4.99. The quantitative estimate of drug-likeness (QED) is 0.699. The maximum absolute atomic E-state index is 9.84. The number of benzene rings is 2. The van der Waals surface area contributed by atoms with Gasteiger partial charge in [0.15, 0.2) is 5.13 Å². The van der Waals surface area contributed by atoms with E-state index < -0.39 is 0 Å². The number of hydrogen-bond acceptors (Lipinski definition) is 4. The fourth-order valence-electron chi connectivity index (χ4n) is 1.82. The van der Waals surface area contributed by atoms with Crippen molar-refractivity contribution in [2.24, 2.45) is 0 Å². The van der Waals surface area contributed by atoms with Crippen LogP contribution < -0.4 is 5.32 Å². The van der Waals surface area contributed by atoms with Gasteiger partial charge >= 0.3 is 0 Å². The molecule has 5 heteroatoms. The number of aromatic hydroxyl groups is 1. The summed E-state index contributed by atoms with van der Waals surface area (Å²) in [6, 6.07) is 15.1. The number of phenols is 1. The normalized spacial score (nSPS) is 10.4. The Morgan fingerprint density at radius 2 is 1.80 bits per heavy atom. The molecule has 0 saturated carbocycles. The highest BCUT2D eigenvalue weighted by Gasteiger charge is 2.09. The zero-order valence-electron chi connectivity index (χ0n) is 10.4. The number of aromatic nitrogens is 1. The van der Waals surface area contributed by atoms with Gasteiger partial charge in [-0.1, -0.05) is 24.3 Å². The van der Waals surface area contributed by atoms with Crippen molar-refractivity contribution in [2.45, 2.75) is 0 Å². The molecule has 3 aromatic rings. The molecule has 0 aliphatic rings. The molecular weight excluding hydrogens is 336 g/mol. The van der Waals surface area contributed by atoms with E-state index in [-0.39, 0.29) is 5.75 Å². The standard InChI is InChI=1S/C15H11BrN2OS/c16-11-6-2-3-7-12(11)17-15-18-13(9-20-15)10-5-1-4-8-14(10)19/h1-9,19H,(H,17,18). The number of phenolic OH excluding ortho intramolecular Hbond substituents is 1. The minimum absolute atomic E-state index is 0.241. The van der Waals surface area contributed by atoms with Crippen LogP contribution in [0.1, 0.15) is 0 Å². The highest BCUT2D eigenvalue weighted by molar-refractivity contribution is 9.10. The third kappa shape index (κ3) is 2.69. The van der Waals surface area contributed by atoms with Crippen molar-refractivity contribution in [3.8, 4) is 17.0 Å². The van der Waals surface area contributed by atoms with Crippen LogP contribution in [0.15, 0.2) is 58.4 Å². The van der Waals surface area contributed by atoms with Crippen molar-refractivity contribution in [2.75, 3.05) is 5.32 Å². The molecule has 0 atom stereocenters. The van der Waals surface area contributed by atoms with Crippen LogP contribution in [0.2, 0.25) is 0 Å². The lowest BCUT2D eigenvalue weighted by atomic mass is 10.1. The predicted octanol–water partition coefficient (Wildman–Crippen LogP) is 5.02. The second kappa shape index (κ2) is 5.64. The predicted molar refractivity (Wildman–Crippen MR) is 86.6 cm³/mol. The Bertz CT molecular complexity index is 742. The molecule has 1 heterocycles. The van der Waals surface area contributed by atoms with Gasteiger partial charge in [-0.2, -0.15) is 0 Å². The van der Waals surface area contributed by atoms with Gasteiger partial charge in [0.2, 0.25) is 0 Å². The van der Waals surface area contributed by atoms with Gasteiger partial charge in [0.1, 0.15) is 5.75 Å². The molecule has 0 radical (unpaired) electrons. The van der Waals surface area contributed by atoms with E-state index in [1.807, 2.05) is 41.8 Å². The minimum atomic E-state index is 0.241. The summed E-state index contributed by atoms with van der Waals surface area (Å²) < 4.78 is 0.985. The molecule has 2 aromatic carbocycles. The summed E-state index contributed by atoms with van der Waals surface area (Å²) in [7, 11) is 0. The average molecular weight is 347 g/mol. The number of hydrogen-bond donors (Lipinski definition) is 2. The van der Waals surface area contributed by atoms with Crippen molar-refractivity contribution in [3.63, 3.8) is 0 Å². The first-order chi connectivity index (χ1) is 9.74. The van der Waals surface area contributed by atoms with E-state index in [1.165, 1.54) is 11.3 Å². The summed E-state index contributed by atoms with van der Waals surface area (Å²) in [5, 5.41) is 15.8. The first-order valence-corrected chi connectivity index (χ1v) is 7.67. The molecule has 0 bridgehead atoms. The van der Waals surface area contributed by atoms with Crippen LogP contribution in [0.25, 0.3) is 11.3 Å². The Labute approximate surface area is 129 Å². The molecule has 100 valence electrons. The molecular formula is C15H11BrN2OS. The van der Waals surface area contributed by atoms with E-state index >= 15 is 0 Å². The average Bonchev–Trinajstić information content (AvgIpc) is 2.90. The molecule has 0 aliphatic heterocycles. The lowest BCUT2D eigenvalue weighted by Gasteiger charge is -2.04. The van der Waals surface area contributed by atoms with Gasteiger partial charge in [-0.25, -0.2) is 4.98 Å². The second-order valence-corrected chi connectivity index (χ2v) is 5.87. The fraction of sp³-hybridized carbons (Fsp3) is 0. The maximum atomic E-state index is 9.84. The maximum Gasteiger partial charge on any atom is 0.187 e. The second-order valence-electron chi connectivity index (χ2n) is 4.16. The Balaban J connectivity index is 1.88. The van der Waals surface area contributed by atoms with Crippen molar-refractivity contribution in [3.05, 3.63) is 58.4 Å². The van der Waals surface area contributed by atoms with Gasteiger partial charge in [-0.15, -0.1) is 11.3 Å². The summed E-state index contributed by atoms with van der Waals surface area (Å²) in [6.07, 6.45) is 0. The summed E-state index contributed by atoms with van der Waals surface area (Å²) in [4.78, 5) is 4.50. The number of halogens is 1. The first kappa shape index (κ1) is 13.1. The Hall–Kier alpha value is -1.85. The molecule has 0 fully saturated rings. The number of nitrogens with zero attached hydrogens (tertiary/aromatic N) is 1. The Morgan fingerprint density at radius 1 is 1.05 bits per heavy atom. The van der Waals surface area contributed by atoms with E-state index in [0.29, 0.717) is 0 Å². The number of rotatable bonds is 3. The van der Waals surface area contributed by atoms with Crippen molar-refractivity contribution >= 4 is 38.1 Å². The zero-order chi connectivity index (χ0) is 13.9. The third-order valence-electron chi connectivity index (χ3n) is 2.80. The summed E-state index contributed by atoms with van der Waals surface area (Å²) in [5.74, 6) is 0.241. The van der Waals surface area contributed by atoms with E-state index in [9.17, 15) is 5.11 Å². The smallest absolute Gasteiger partial charge is 0.187 e. The van der Waals surface area contributed by atoms with Crippen LogP contribution >= 0.6 is 27.3 Å². The zero-order valence-corrected chi connectivity index (χ0v) is 12.8. The van der Waals surface area contributed by atoms with Crippen LogP contribution in [-0.4, -0.2) is 10.1 Å². The molecule has 2 N–H and O–H groups in total. The van der Waals surface area contributed by atoms with Gasteiger partial charge in [0, 0.05) is 15.4 Å². The van der Waals surface area contributed by atoms with E-state index in [1.54, 1.807) is 12.1 Å². The van der Waals surface area contributed by atoms with E-state index in [2.05, 4.69) is 26.2 Å². The molecule has 0 aliphatic carbocycles. The van der Waals surface area contributed by atoms with Crippen molar-refractivity contribution in [1.82, 2.24) is 4.98 Å². The van der Waals surface area contributed by atoms with Gasteiger partial charge in [-0.05, 0) is 40.2 Å². The molecule has 0 unspecified atom stereocenters. The SMILES string of the molecule is Oc1ccccc1-c1csc(Nc2ccccc2Br)n1. The molecule has 0 amide bonds. The topological polar surface area (TPSA) is 45.1 Å². The van der Waals surface area contributed by atoms with Crippen LogP contribution in [0.4, 0.5) is 10.8 Å². The molecule has 0 spiro atoms. The van der Waals surface area contributed by atoms with Crippen molar-refractivity contribution < 1.29 is 5.11 Å². The van der Waals surface area contributed by atoms with Crippen LogP contribution in [-0.2, 0) is 0 Å². The highest BCUT2D eigenvalue weighted by Crippen LogP contribution is 2.33. The third-order valence-corrected chi connectivity index (χ3v) is 4.25. The lowest BCUT2D eigenvalue weighted by molar-refractivity contribution is 0.477. The van der Waals surface area contributed by atoms with Crippen LogP contribution in [0.3, 0.4) is 0 Å². The minimum Gasteiger partial charge on any atom is -0.507 e. The monoisotopic (exact) mass is 346 g/mol. The van der Waals surface area contributed by atoms with Crippen molar-refractivity contribution in [1.29, 1.82) is 0 Å². The van der Waals surface area contributed by atoms with E-state index in [0.717, 1.165) is 26.5 Å². The largest absolute Gasteiger partial charge is 0.507 e. The fourth-order valence-corrected chi connectivity index (χ4v) is 2.93. The number of anilines is 2. The van der Waals surface area contributed by atoms with Gasteiger partial charge in [0.05, 0.1) is 11.4 Å². The molecule has 3 rings (SSSR count). The van der Waals surface area contributed by atoms with Gasteiger partial charge in [0.25, 0.3) is 0 Å². The number of nitrogens with one attached hydrogen (secondary N) is 1. The lowest BCUT2D eigenvalue weighted by Crippen LogP contribution is -1.90. The van der Waals surface area contributed by atoms with Crippen LogP contribution in [0.5, 0.6) is 5.75 Å². The summed E-state index contributed by atoms with van der Waals surface area (Å²) in [5.41, 5.74) is 2.47. The molecule has 20 heavy (non-hydrogen) atoms. The van der Waals surface area contributed by atoms with E-state index in [4.69, 9.17) is 0 Å². The number of thiazole rings is 1. The highest BCUT2D eigenvalue weighted by atomic mass is 79.9. The summed E-state index contributed by atoms with van der Waals surface area (Å²) in [6.45, 7) is 0. The Morgan fingerprint density at radius 3 is 2.60 bits per heavy atom. The Kier molecular flexibility index (Phi) is 3.71. The molecule has 1 aromatic heterocycles. The number of para-hydroxylation sites is 2. The van der Waals surface area contributed by atoms with Gasteiger partial charge in [-0.3, -0.25) is 0 Å². The molecule has 0 saturated heterocycles. The molecule has 3 nitrogen and oxygen atoms in total. The van der Waals surface area contributed by atoms with Gasteiger partial charge < -0.3 is 10.4 Å². The first-order valence-electron chi connectivity index (χ1n) is 5.99. The van der Waals surface area contributed by atoms with Crippen LogP contribution in [0, 0.1) is 0 Å².